The molecule has 0 bridgehead atoms. The summed E-state index contributed by atoms with van der Waals surface area (Å²) in [6.07, 6.45) is 7.18. The Morgan fingerprint density at radius 2 is 2.00 bits per heavy atom. The molecule has 3 nitrogen and oxygen atoms in total. The van der Waals surface area contributed by atoms with E-state index in [2.05, 4.69) is 38.0 Å². The minimum Gasteiger partial charge on any atom is -0.394 e. The number of nitrogens with zero attached hydrogens (tertiary/aromatic N) is 1. The lowest BCUT2D eigenvalue weighted by atomic mass is 9.95. The molecule has 2 fully saturated rings. The van der Waals surface area contributed by atoms with Crippen LogP contribution in [0.25, 0.3) is 0 Å². The molecule has 0 aliphatic heterocycles. The smallest absolute Gasteiger partial charge is 0.0614 e. The summed E-state index contributed by atoms with van der Waals surface area (Å²) < 4.78 is 0. The van der Waals surface area contributed by atoms with Gasteiger partial charge in [-0.15, -0.1) is 0 Å². The molecule has 0 aromatic rings. The number of hydrogen-bond donors (Lipinski definition) is 2. The van der Waals surface area contributed by atoms with E-state index in [0.717, 1.165) is 12.8 Å². The molecule has 2 saturated carbocycles. The first-order chi connectivity index (χ1) is 8.42. The van der Waals surface area contributed by atoms with Gasteiger partial charge in [-0.05, 0) is 59.4 Å². The highest BCUT2D eigenvalue weighted by molar-refractivity contribution is 5.04. The fraction of sp³-hybridized carbons (Fsp3) is 1.00. The quantitative estimate of drug-likeness (QED) is 0.762. The minimum atomic E-state index is 0.00388. The summed E-state index contributed by atoms with van der Waals surface area (Å²) >= 11 is 0. The molecule has 0 aromatic heterocycles. The molecule has 2 atom stereocenters. The summed E-state index contributed by atoms with van der Waals surface area (Å²) in [5.74, 6) is 0. The van der Waals surface area contributed by atoms with Gasteiger partial charge in [-0.25, -0.2) is 0 Å². The molecule has 2 N–H and O–H groups in total. The second kappa shape index (κ2) is 5.10. The van der Waals surface area contributed by atoms with Crippen LogP contribution in [0, 0.1) is 0 Å². The van der Waals surface area contributed by atoms with Crippen LogP contribution >= 0.6 is 0 Å². The van der Waals surface area contributed by atoms with Crippen LogP contribution < -0.4 is 5.32 Å². The summed E-state index contributed by atoms with van der Waals surface area (Å²) in [5, 5.41) is 13.5. The van der Waals surface area contributed by atoms with E-state index in [0.29, 0.717) is 18.7 Å². The number of nitrogens with one attached hydrogen (secondary N) is 1. The molecule has 18 heavy (non-hydrogen) atoms. The van der Waals surface area contributed by atoms with Gasteiger partial charge in [0.25, 0.3) is 0 Å². The van der Waals surface area contributed by atoms with E-state index in [1.807, 2.05) is 0 Å². The molecule has 2 aliphatic carbocycles. The molecular weight excluding hydrogens is 224 g/mol. The number of aliphatic hydroxyl groups excluding tert-OH is 1. The Hall–Kier alpha value is -0.120. The largest absolute Gasteiger partial charge is 0.394 e. The van der Waals surface area contributed by atoms with Gasteiger partial charge in [0, 0.05) is 23.2 Å². The summed E-state index contributed by atoms with van der Waals surface area (Å²) in [6, 6.07) is 1.29. The fourth-order valence-corrected chi connectivity index (χ4v) is 3.15. The molecule has 2 rings (SSSR count). The van der Waals surface area contributed by atoms with Crippen LogP contribution in [-0.4, -0.2) is 46.8 Å². The van der Waals surface area contributed by atoms with E-state index >= 15 is 0 Å². The average molecular weight is 254 g/mol. The topological polar surface area (TPSA) is 35.5 Å². The molecule has 0 aromatic carbocycles. The molecule has 0 spiro atoms. The molecule has 0 saturated heterocycles. The summed E-state index contributed by atoms with van der Waals surface area (Å²) in [4.78, 5) is 2.53. The van der Waals surface area contributed by atoms with Gasteiger partial charge in [0.2, 0.25) is 0 Å². The van der Waals surface area contributed by atoms with Gasteiger partial charge in [-0.1, -0.05) is 6.92 Å². The first-order valence-electron chi connectivity index (χ1n) is 7.54. The lowest BCUT2D eigenvalue weighted by molar-refractivity contribution is 0.0865. The van der Waals surface area contributed by atoms with Gasteiger partial charge >= 0.3 is 0 Å². The standard InChI is InChI=1S/C15H30N2O/c1-5-14(2,3)17(4)13-8-9-15(10-13,11-18)16-12-6-7-12/h12-13,16,18H,5-11H2,1-4H3. The van der Waals surface area contributed by atoms with Gasteiger partial charge < -0.3 is 10.4 Å². The zero-order valence-corrected chi connectivity index (χ0v) is 12.5. The highest BCUT2D eigenvalue weighted by atomic mass is 16.3. The zero-order valence-electron chi connectivity index (χ0n) is 12.5. The minimum absolute atomic E-state index is 0.00388. The van der Waals surface area contributed by atoms with Crippen LogP contribution in [0.1, 0.15) is 59.3 Å². The highest BCUT2D eigenvalue weighted by Crippen LogP contribution is 2.38. The zero-order chi connectivity index (χ0) is 13.4. The molecule has 2 aliphatic rings. The molecule has 0 heterocycles. The predicted octanol–water partition coefficient (Wildman–Crippen LogP) is 2.14. The maximum absolute atomic E-state index is 9.77. The lowest BCUT2D eigenvalue weighted by Gasteiger charge is -2.40. The van der Waals surface area contributed by atoms with E-state index in [4.69, 9.17) is 0 Å². The van der Waals surface area contributed by atoms with Crippen LogP contribution in [-0.2, 0) is 0 Å². The molecule has 106 valence electrons. The van der Waals surface area contributed by atoms with Gasteiger partial charge in [-0.2, -0.15) is 0 Å². The van der Waals surface area contributed by atoms with Crippen molar-refractivity contribution in [2.45, 2.75) is 82.5 Å². The molecular formula is C15H30N2O. The second-order valence-electron chi connectivity index (χ2n) is 7.03. The Kier molecular flexibility index (Phi) is 4.05. The van der Waals surface area contributed by atoms with E-state index in [1.54, 1.807) is 0 Å². The van der Waals surface area contributed by atoms with Gasteiger partial charge in [0.05, 0.1) is 6.61 Å². The number of aliphatic hydroxyl groups is 1. The lowest BCUT2D eigenvalue weighted by Crippen LogP contribution is -2.51. The van der Waals surface area contributed by atoms with Crippen molar-refractivity contribution in [1.82, 2.24) is 10.2 Å². The van der Waals surface area contributed by atoms with Crippen molar-refractivity contribution in [2.24, 2.45) is 0 Å². The van der Waals surface area contributed by atoms with Crippen molar-refractivity contribution >= 4 is 0 Å². The monoisotopic (exact) mass is 254 g/mol. The van der Waals surface area contributed by atoms with Crippen molar-refractivity contribution in [1.29, 1.82) is 0 Å². The Morgan fingerprint density at radius 3 is 2.50 bits per heavy atom. The second-order valence-corrected chi connectivity index (χ2v) is 7.03. The maximum atomic E-state index is 9.77. The summed E-state index contributed by atoms with van der Waals surface area (Å²) in [7, 11) is 2.25. The SMILES string of the molecule is CCC(C)(C)N(C)C1CCC(CO)(NC2CC2)C1. The first kappa shape index (κ1) is 14.3. The van der Waals surface area contributed by atoms with Crippen LogP contribution in [0.3, 0.4) is 0 Å². The Labute approximate surface area is 112 Å². The average Bonchev–Trinajstić information content (AvgIpc) is 3.06. The van der Waals surface area contributed by atoms with Gasteiger partial charge in [-0.3, -0.25) is 4.90 Å². The Bertz CT molecular complexity index is 288. The van der Waals surface area contributed by atoms with Crippen molar-refractivity contribution in [2.75, 3.05) is 13.7 Å². The third kappa shape index (κ3) is 2.89. The third-order valence-electron chi connectivity index (χ3n) is 5.34. The molecule has 3 heteroatoms. The van der Waals surface area contributed by atoms with Crippen LogP contribution in [0.4, 0.5) is 0 Å². The van der Waals surface area contributed by atoms with Gasteiger partial charge in [0.15, 0.2) is 0 Å². The van der Waals surface area contributed by atoms with E-state index in [-0.39, 0.29) is 11.1 Å². The van der Waals surface area contributed by atoms with Crippen molar-refractivity contribution in [3.63, 3.8) is 0 Å². The Morgan fingerprint density at radius 1 is 1.33 bits per heavy atom. The Balaban J connectivity index is 1.97. The van der Waals surface area contributed by atoms with Crippen LogP contribution in [0.2, 0.25) is 0 Å². The van der Waals surface area contributed by atoms with Gasteiger partial charge in [0.1, 0.15) is 0 Å². The van der Waals surface area contributed by atoms with Crippen molar-refractivity contribution in [3.8, 4) is 0 Å². The number of hydrogen-bond acceptors (Lipinski definition) is 3. The van der Waals surface area contributed by atoms with Crippen molar-refractivity contribution < 1.29 is 5.11 Å². The molecule has 2 unspecified atom stereocenters. The first-order valence-corrected chi connectivity index (χ1v) is 7.54. The third-order valence-corrected chi connectivity index (χ3v) is 5.34. The summed E-state index contributed by atoms with van der Waals surface area (Å²) in [6.45, 7) is 7.19. The summed E-state index contributed by atoms with van der Waals surface area (Å²) in [5.41, 5.74) is 0.264. The predicted molar refractivity (Wildman–Crippen MR) is 75.7 cm³/mol. The van der Waals surface area contributed by atoms with E-state index < -0.39 is 0 Å². The fourth-order valence-electron chi connectivity index (χ4n) is 3.15. The maximum Gasteiger partial charge on any atom is 0.0614 e. The van der Waals surface area contributed by atoms with E-state index in [1.165, 1.54) is 25.7 Å². The number of rotatable bonds is 6. The van der Waals surface area contributed by atoms with Crippen molar-refractivity contribution in [3.05, 3.63) is 0 Å². The van der Waals surface area contributed by atoms with Crippen LogP contribution in [0.5, 0.6) is 0 Å². The van der Waals surface area contributed by atoms with Crippen LogP contribution in [0.15, 0.2) is 0 Å². The van der Waals surface area contributed by atoms with E-state index in [9.17, 15) is 5.11 Å². The highest BCUT2D eigenvalue weighted by Gasteiger charge is 2.44. The normalized spacial score (nSPS) is 33.3. The molecule has 0 amide bonds. The molecule has 0 radical (unpaired) electrons.